The van der Waals surface area contributed by atoms with Gasteiger partial charge in [-0.3, -0.25) is 15.6 Å². The maximum atomic E-state index is 12.3. The quantitative estimate of drug-likeness (QED) is 0.507. The Hall–Kier alpha value is -1.66. The van der Waals surface area contributed by atoms with Crippen LogP contribution in [-0.2, 0) is 0 Å². The molecule has 0 saturated heterocycles. The molecule has 0 aliphatic rings. The number of amides is 1. The number of aryl methyl sites for hydroxylation is 1. The number of anilines is 1. The summed E-state index contributed by atoms with van der Waals surface area (Å²) in [4.78, 5) is 18.1. The maximum absolute atomic E-state index is 12.3. The van der Waals surface area contributed by atoms with Gasteiger partial charge in [-0.15, -0.1) is 0 Å². The van der Waals surface area contributed by atoms with Crippen molar-refractivity contribution in [3.63, 3.8) is 0 Å². The molecule has 1 aromatic rings. The number of nitrogens with one attached hydrogen (secondary N) is 1. The van der Waals surface area contributed by atoms with Crippen LogP contribution in [0.4, 0.5) is 5.69 Å². The fourth-order valence-electron chi connectivity index (χ4n) is 1.68. The standard InChI is InChI=1S/C12H20N4O2/c1-3-16(5-4-6-17)12(18)10-8-14-9(2)7-11(10)15-13/h7-8,17H,3-6,13H2,1-2H3,(H,14,15). The molecular formula is C12H20N4O2. The number of carbonyl (C=O) groups excluding carboxylic acids is 1. The normalized spacial score (nSPS) is 10.2. The summed E-state index contributed by atoms with van der Waals surface area (Å²) >= 11 is 0. The highest BCUT2D eigenvalue weighted by Gasteiger charge is 2.17. The van der Waals surface area contributed by atoms with Gasteiger partial charge >= 0.3 is 0 Å². The number of nitrogen functional groups attached to an aromatic ring is 1. The van der Waals surface area contributed by atoms with Crippen molar-refractivity contribution in [1.29, 1.82) is 0 Å². The molecule has 0 aliphatic carbocycles. The molecule has 0 atom stereocenters. The molecule has 18 heavy (non-hydrogen) atoms. The molecule has 4 N–H and O–H groups in total. The van der Waals surface area contributed by atoms with Gasteiger partial charge in [0.05, 0.1) is 11.3 Å². The summed E-state index contributed by atoms with van der Waals surface area (Å²) in [6.45, 7) is 4.89. The van der Waals surface area contributed by atoms with Gasteiger partial charge in [-0.05, 0) is 26.3 Å². The van der Waals surface area contributed by atoms with E-state index in [2.05, 4.69) is 10.4 Å². The van der Waals surface area contributed by atoms with Crippen LogP contribution >= 0.6 is 0 Å². The van der Waals surface area contributed by atoms with Crippen molar-refractivity contribution >= 4 is 11.6 Å². The third-order valence-corrected chi connectivity index (χ3v) is 2.68. The molecule has 0 aliphatic heterocycles. The predicted molar refractivity (Wildman–Crippen MR) is 70.1 cm³/mol. The highest BCUT2D eigenvalue weighted by Crippen LogP contribution is 2.16. The summed E-state index contributed by atoms with van der Waals surface area (Å²) in [7, 11) is 0. The molecule has 6 nitrogen and oxygen atoms in total. The van der Waals surface area contributed by atoms with Crippen molar-refractivity contribution in [2.24, 2.45) is 5.84 Å². The molecule has 0 unspecified atom stereocenters. The lowest BCUT2D eigenvalue weighted by Gasteiger charge is -2.21. The van der Waals surface area contributed by atoms with Crippen LogP contribution in [0.3, 0.4) is 0 Å². The summed E-state index contributed by atoms with van der Waals surface area (Å²) in [5.74, 6) is 5.28. The van der Waals surface area contributed by atoms with Crippen LogP contribution in [-0.4, -0.2) is 40.6 Å². The summed E-state index contributed by atoms with van der Waals surface area (Å²) in [6, 6.07) is 1.73. The monoisotopic (exact) mass is 252 g/mol. The maximum Gasteiger partial charge on any atom is 0.257 e. The Labute approximate surface area is 107 Å². The van der Waals surface area contributed by atoms with Crippen molar-refractivity contribution in [1.82, 2.24) is 9.88 Å². The second-order valence-corrected chi connectivity index (χ2v) is 3.98. The van der Waals surface area contributed by atoms with E-state index in [-0.39, 0.29) is 12.5 Å². The summed E-state index contributed by atoms with van der Waals surface area (Å²) in [5.41, 5.74) is 4.32. The van der Waals surface area contributed by atoms with Crippen LogP contribution in [0.5, 0.6) is 0 Å². The SMILES string of the molecule is CCN(CCCO)C(=O)c1cnc(C)cc1NN. The Morgan fingerprint density at radius 1 is 1.61 bits per heavy atom. The number of pyridine rings is 1. The van der Waals surface area contributed by atoms with Crippen molar-refractivity contribution in [3.05, 3.63) is 23.5 Å². The number of hydrazine groups is 1. The molecule has 0 spiro atoms. The van der Waals surface area contributed by atoms with Gasteiger partial charge in [-0.1, -0.05) is 0 Å². The lowest BCUT2D eigenvalue weighted by molar-refractivity contribution is 0.0755. The first-order valence-electron chi connectivity index (χ1n) is 5.97. The highest BCUT2D eigenvalue weighted by molar-refractivity contribution is 5.99. The third kappa shape index (κ3) is 3.41. The topological polar surface area (TPSA) is 91.5 Å². The number of carbonyl (C=O) groups is 1. The minimum Gasteiger partial charge on any atom is -0.396 e. The number of aliphatic hydroxyl groups is 1. The van der Waals surface area contributed by atoms with Crippen molar-refractivity contribution in [2.45, 2.75) is 20.3 Å². The average molecular weight is 252 g/mol. The molecule has 1 heterocycles. The van der Waals surface area contributed by atoms with E-state index in [1.54, 1.807) is 11.0 Å². The van der Waals surface area contributed by atoms with E-state index in [9.17, 15) is 4.79 Å². The smallest absolute Gasteiger partial charge is 0.257 e. The molecule has 0 saturated carbocycles. The Bertz CT molecular complexity index is 409. The zero-order valence-electron chi connectivity index (χ0n) is 10.8. The highest BCUT2D eigenvalue weighted by atomic mass is 16.3. The number of aliphatic hydroxyl groups excluding tert-OH is 1. The van der Waals surface area contributed by atoms with E-state index >= 15 is 0 Å². The van der Waals surface area contributed by atoms with E-state index in [0.717, 1.165) is 5.69 Å². The van der Waals surface area contributed by atoms with E-state index < -0.39 is 0 Å². The van der Waals surface area contributed by atoms with E-state index in [1.807, 2.05) is 13.8 Å². The zero-order chi connectivity index (χ0) is 13.5. The van der Waals surface area contributed by atoms with Gasteiger partial charge in [0, 0.05) is 31.6 Å². The number of hydrogen-bond donors (Lipinski definition) is 3. The number of rotatable bonds is 6. The lowest BCUT2D eigenvalue weighted by atomic mass is 10.2. The van der Waals surface area contributed by atoms with Gasteiger partial charge in [0.2, 0.25) is 0 Å². The van der Waals surface area contributed by atoms with Gasteiger partial charge in [-0.25, -0.2) is 0 Å². The molecule has 0 fully saturated rings. The van der Waals surface area contributed by atoms with Gasteiger partial charge in [0.25, 0.3) is 5.91 Å². The first kappa shape index (κ1) is 14.4. The first-order valence-corrected chi connectivity index (χ1v) is 5.97. The van der Waals surface area contributed by atoms with Gasteiger partial charge in [0.1, 0.15) is 0 Å². The first-order chi connectivity index (χ1) is 8.63. The van der Waals surface area contributed by atoms with Crippen LogP contribution in [0.15, 0.2) is 12.3 Å². The second kappa shape index (κ2) is 6.93. The second-order valence-electron chi connectivity index (χ2n) is 3.98. The number of hydrogen-bond acceptors (Lipinski definition) is 5. The molecule has 1 amide bonds. The van der Waals surface area contributed by atoms with Crippen LogP contribution in [0, 0.1) is 6.92 Å². The number of aromatic nitrogens is 1. The van der Waals surface area contributed by atoms with Crippen molar-refractivity contribution in [2.75, 3.05) is 25.1 Å². The molecule has 0 aromatic carbocycles. The van der Waals surface area contributed by atoms with Crippen LogP contribution in [0.1, 0.15) is 29.4 Å². The zero-order valence-corrected chi connectivity index (χ0v) is 10.8. The van der Waals surface area contributed by atoms with Gasteiger partial charge in [0.15, 0.2) is 0 Å². The predicted octanol–water partition coefficient (Wildman–Crippen LogP) is 0.520. The molecular weight excluding hydrogens is 232 g/mol. The minimum absolute atomic E-state index is 0.0674. The molecule has 1 rings (SSSR count). The number of nitrogens with two attached hydrogens (primary N) is 1. The minimum atomic E-state index is -0.133. The average Bonchev–Trinajstić information content (AvgIpc) is 2.39. The Balaban J connectivity index is 2.93. The molecule has 6 heteroatoms. The van der Waals surface area contributed by atoms with Gasteiger partial charge < -0.3 is 15.4 Å². The van der Waals surface area contributed by atoms with E-state index in [4.69, 9.17) is 10.9 Å². The summed E-state index contributed by atoms with van der Waals surface area (Å²) in [6.07, 6.45) is 2.08. The van der Waals surface area contributed by atoms with Crippen molar-refractivity contribution in [3.8, 4) is 0 Å². The molecule has 0 radical (unpaired) electrons. The fourth-order valence-corrected chi connectivity index (χ4v) is 1.68. The van der Waals surface area contributed by atoms with Gasteiger partial charge in [-0.2, -0.15) is 0 Å². The van der Waals surface area contributed by atoms with E-state index in [0.29, 0.717) is 30.8 Å². The summed E-state index contributed by atoms with van der Waals surface area (Å²) < 4.78 is 0. The largest absolute Gasteiger partial charge is 0.396 e. The molecule has 0 bridgehead atoms. The third-order valence-electron chi connectivity index (χ3n) is 2.68. The Morgan fingerprint density at radius 3 is 2.89 bits per heavy atom. The summed E-state index contributed by atoms with van der Waals surface area (Å²) in [5, 5.41) is 8.82. The molecule has 1 aromatic heterocycles. The Kier molecular flexibility index (Phi) is 5.54. The van der Waals surface area contributed by atoms with Crippen LogP contribution in [0.25, 0.3) is 0 Å². The lowest BCUT2D eigenvalue weighted by Crippen LogP contribution is -2.33. The van der Waals surface area contributed by atoms with E-state index in [1.165, 1.54) is 6.20 Å². The number of nitrogens with zero attached hydrogens (tertiary/aromatic N) is 2. The fraction of sp³-hybridized carbons (Fsp3) is 0.500. The molecule has 100 valence electrons. The van der Waals surface area contributed by atoms with Crippen molar-refractivity contribution < 1.29 is 9.90 Å². The van der Waals surface area contributed by atoms with Crippen LogP contribution < -0.4 is 11.3 Å². The van der Waals surface area contributed by atoms with Crippen LogP contribution in [0.2, 0.25) is 0 Å². The Morgan fingerprint density at radius 2 is 2.33 bits per heavy atom.